The summed E-state index contributed by atoms with van der Waals surface area (Å²) in [4.78, 5) is 14.0. The van der Waals surface area contributed by atoms with Crippen LogP contribution in [0, 0.1) is 0 Å². The second-order valence-electron chi connectivity index (χ2n) is 5.73. The van der Waals surface area contributed by atoms with Crippen LogP contribution in [0.3, 0.4) is 0 Å². The van der Waals surface area contributed by atoms with Gasteiger partial charge in [-0.3, -0.25) is 4.79 Å². The van der Waals surface area contributed by atoms with Crippen LogP contribution in [0.5, 0.6) is 0 Å². The number of rotatable bonds is 3. The van der Waals surface area contributed by atoms with Crippen LogP contribution in [0.25, 0.3) is 5.57 Å². The van der Waals surface area contributed by atoms with Crippen LogP contribution in [0.1, 0.15) is 24.6 Å². The van der Waals surface area contributed by atoms with E-state index in [1.807, 2.05) is 25.1 Å². The van der Waals surface area contributed by atoms with Crippen molar-refractivity contribution in [3.63, 3.8) is 0 Å². The van der Waals surface area contributed by atoms with Gasteiger partial charge >= 0.3 is 0 Å². The molecule has 7 heteroatoms. The first kappa shape index (κ1) is 15.7. The highest BCUT2D eigenvalue weighted by atomic mass is 35.5. The maximum absolute atomic E-state index is 12.4. The highest BCUT2D eigenvalue weighted by molar-refractivity contribution is 6.30. The number of benzene rings is 1. The van der Waals surface area contributed by atoms with Crippen molar-refractivity contribution < 1.29 is 9.90 Å². The average molecular weight is 333 g/mol. The van der Waals surface area contributed by atoms with Gasteiger partial charge in [0.05, 0.1) is 12.7 Å². The number of nitrogens with zero attached hydrogens (tertiary/aromatic N) is 3. The van der Waals surface area contributed by atoms with Crippen molar-refractivity contribution in [3.05, 3.63) is 52.8 Å². The number of aliphatic hydroxyl groups is 1. The van der Waals surface area contributed by atoms with Crippen molar-refractivity contribution in [1.29, 1.82) is 0 Å². The number of halogens is 1. The van der Waals surface area contributed by atoms with Gasteiger partial charge in [-0.25, -0.2) is 0 Å². The molecule has 1 unspecified atom stereocenters. The number of H-pyrrole nitrogens is 1. The third-order valence-electron chi connectivity index (χ3n) is 4.07. The lowest BCUT2D eigenvalue weighted by atomic mass is 10.00. The number of carbonyl (C=O) groups excluding carboxylic acids is 1. The molecular weight excluding hydrogens is 316 g/mol. The molecule has 1 fully saturated rings. The Balaban J connectivity index is 1.73. The first-order chi connectivity index (χ1) is 11.0. The van der Waals surface area contributed by atoms with Crippen LogP contribution in [0.4, 0.5) is 0 Å². The Morgan fingerprint density at radius 2 is 2.35 bits per heavy atom. The predicted molar refractivity (Wildman–Crippen MR) is 86.6 cm³/mol. The summed E-state index contributed by atoms with van der Waals surface area (Å²) in [5.41, 5.74) is 1.05. The van der Waals surface area contributed by atoms with Crippen LogP contribution in [0.2, 0.25) is 5.02 Å². The topological polar surface area (TPSA) is 82.1 Å². The third kappa shape index (κ3) is 3.28. The van der Waals surface area contributed by atoms with E-state index in [-0.39, 0.29) is 12.5 Å². The summed E-state index contributed by atoms with van der Waals surface area (Å²) in [6.07, 6.45) is 3.50. The fourth-order valence-electron chi connectivity index (χ4n) is 2.71. The summed E-state index contributed by atoms with van der Waals surface area (Å²) in [6, 6.07) is 7.36. The molecule has 0 bridgehead atoms. The van der Waals surface area contributed by atoms with Crippen LogP contribution in [0.15, 0.2) is 36.5 Å². The lowest BCUT2D eigenvalue weighted by Crippen LogP contribution is -2.34. The molecule has 0 saturated carbocycles. The van der Waals surface area contributed by atoms with Gasteiger partial charge in [0.15, 0.2) is 0 Å². The van der Waals surface area contributed by atoms with Gasteiger partial charge in [0.2, 0.25) is 5.91 Å². The minimum absolute atomic E-state index is 0.137. The molecule has 1 aliphatic heterocycles. The fourth-order valence-corrected chi connectivity index (χ4v) is 2.90. The van der Waals surface area contributed by atoms with Gasteiger partial charge in [0.1, 0.15) is 11.3 Å². The van der Waals surface area contributed by atoms with Crippen molar-refractivity contribution in [2.24, 2.45) is 0 Å². The maximum Gasteiger partial charge on any atom is 0.246 e. The molecule has 1 aromatic heterocycles. The SMILES string of the molecule is CC(=CC(=O)N1CCC(O)(c2cn[nH]n2)C1)c1cccc(Cl)c1. The second kappa shape index (κ2) is 6.14. The van der Waals surface area contributed by atoms with E-state index in [1.54, 1.807) is 17.0 Å². The zero-order valence-electron chi connectivity index (χ0n) is 12.7. The lowest BCUT2D eigenvalue weighted by molar-refractivity contribution is -0.126. The van der Waals surface area contributed by atoms with Gasteiger partial charge in [0.25, 0.3) is 0 Å². The standard InChI is InChI=1S/C16H17ClN4O2/c1-11(12-3-2-4-13(17)8-12)7-15(22)21-6-5-16(23,10-21)14-9-18-20-19-14/h2-4,7-9,23H,5-6,10H2,1H3,(H,18,19,20). The molecule has 6 nitrogen and oxygen atoms in total. The van der Waals surface area contributed by atoms with Crippen LogP contribution >= 0.6 is 11.6 Å². The monoisotopic (exact) mass is 332 g/mol. The minimum Gasteiger partial charge on any atom is -0.381 e. The summed E-state index contributed by atoms with van der Waals surface area (Å²) in [5.74, 6) is -0.137. The van der Waals surface area contributed by atoms with Crippen LogP contribution in [-0.4, -0.2) is 44.4 Å². The number of hydrogen-bond donors (Lipinski definition) is 2. The number of allylic oxidation sites excluding steroid dienone is 1. The van der Waals surface area contributed by atoms with E-state index >= 15 is 0 Å². The Labute approximate surface area is 138 Å². The quantitative estimate of drug-likeness (QED) is 0.842. The molecule has 1 atom stereocenters. The van der Waals surface area contributed by atoms with Crippen molar-refractivity contribution >= 4 is 23.1 Å². The molecule has 2 aromatic rings. The molecular formula is C16H17ClN4O2. The summed E-state index contributed by atoms with van der Waals surface area (Å²) >= 11 is 5.98. The van der Waals surface area contributed by atoms with E-state index in [4.69, 9.17) is 11.6 Å². The van der Waals surface area contributed by atoms with E-state index < -0.39 is 5.60 Å². The third-order valence-corrected chi connectivity index (χ3v) is 4.31. The van der Waals surface area contributed by atoms with Gasteiger partial charge in [-0.05, 0) is 30.2 Å². The van der Waals surface area contributed by atoms with Gasteiger partial charge in [-0.2, -0.15) is 15.4 Å². The van der Waals surface area contributed by atoms with Crippen LogP contribution in [-0.2, 0) is 10.4 Å². The van der Waals surface area contributed by atoms with Crippen molar-refractivity contribution in [1.82, 2.24) is 20.3 Å². The van der Waals surface area contributed by atoms with Crippen molar-refractivity contribution in [2.45, 2.75) is 18.9 Å². The smallest absolute Gasteiger partial charge is 0.246 e. The largest absolute Gasteiger partial charge is 0.381 e. The van der Waals surface area contributed by atoms with E-state index in [0.29, 0.717) is 23.7 Å². The Bertz CT molecular complexity index is 744. The Kier molecular flexibility index (Phi) is 4.19. The number of nitrogens with one attached hydrogen (secondary N) is 1. The zero-order chi connectivity index (χ0) is 16.4. The highest BCUT2D eigenvalue weighted by Gasteiger charge is 2.41. The molecule has 120 valence electrons. The molecule has 1 aromatic carbocycles. The van der Waals surface area contributed by atoms with E-state index in [2.05, 4.69) is 15.4 Å². The Hall–Kier alpha value is -2.18. The number of aromatic nitrogens is 3. The average Bonchev–Trinajstić information content (AvgIpc) is 3.17. The molecule has 1 saturated heterocycles. The first-order valence-corrected chi connectivity index (χ1v) is 7.67. The minimum atomic E-state index is -1.14. The fraction of sp³-hybridized carbons (Fsp3) is 0.312. The number of carbonyl (C=O) groups is 1. The summed E-state index contributed by atoms with van der Waals surface area (Å²) in [6.45, 7) is 2.54. The summed E-state index contributed by atoms with van der Waals surface area (Å²) in [5, 5.41) is 21.4. The molecule has 2 heterocycles. The maximum atomic E-state index is 12.4. The number of likely N-dealkylation sites (tertiary alicyclic amines) is 1. The zero-order valence-corrected chi connectivity index (χ0v) is 13.4. The molecule has 0 radical (unpaired) electrons. The highest BCUT2D eigenvalue weighted by Crippen LogP contribution is 2.30. The molecule has 1 aliphatic rings. The Morgan fingerprint density at radius 3 is 3.04 bits per heavy atom. The number of hydrogen-bond acceptors (Lipinski definition) is 4. The number of amides is 1. The summed E-state index contributed by atoms with van der Waals surface area (Å²) in [7, 11) is 0. The molecule has 0 spiro atoms. The van der Waals surface area contributed by atoms with Gasteiger partial charge in [-0.1, -0.05) is 23.7 Å². The number of β-amino-alcohol motifs (C(OH)–C–C–N with tert-alkyl or cyclic N) is 1. The normalized spacial score (nSPS) is 21.7. The number of aromatic amines is 1. The molecule has 0 aliphatic carbocycles. The molecule has 3 rings (SSSR count). The molecule has 23 heavy (non-hydrogen) atoms. The van der Waals surface area contributed by atoms with Crippen molar-refractivity contribution in [2.75, 3.05) is 13.1 Å². The van der Waals surface area contributed by atoms with Gasteiger partial charge < -0.3 is 10.0 Å². The second-order valence-corrected chi connectivity index (χ2v) is 6.17. The van der Waals surface area contributed by atoms with Crippen LogP contribution < -0.4 is 0 Å². The molecule has 1 amide bonds. The predicted octanol–water partition coefficient (Wildman–Crippen LogP) is 1.98. The van der Waals surface area contributed by atoms with E-state index in [0.717, 1.165) is 11.1 Å². The van der Waals surface area contributed by atoms with E-state index in [1.165, 1.54) is 6.20 Å². The van der Waals surface area contributed by atoms with Gasteiger partial charge in [0, 0.05) is 24.1 Å². The summed E-state index contributed by atoms with van der Waals surface area (Å²) < 4.78 is 0. The first-order valence-electron chi connectivity index (χ1n) is 7.30. The van der Waals surface area contributed by atoms with Gasteiger partial charge in [-0.15, -0.1) is 0 Å². The molecule has 2 N–H and O–H groups in total. The van der Waals surface area contributed by atoms with E-state index in [9.17, 15) is 9.90 Å². The van der Waals surface area contributed by atoms with Crippen molar-refractivity contribution in [3.8, 4) is 0 Å². The lowest BCUT2D eigenvalue weighted by Gasteiger charge is -2.20. The Morgan fingerprint density at radius 1 is 1.52 bits per heavy atom.